The van der Waals surface area contributed by atoms with Gasteiger partial charge >= 0.3 is 0 Å². The Balaban J connectivity index is -0.00000143. The molecule has 0 heterocycles. The Kier molecular flexibility index (Phi) is 34.5. The topological polar surface area (TPSA) is 0 Å². The molecule has 0 N–H and O–H groups in total. The van der Waals surface area contributed by atoms with Crippen LogP contribution in [0.5, 0.6) is 0 Å². The van der Waals surface area contributed by atoms with Gasteiger partial charge in [0.1, 0.15) is 0 Å². The van der Waals surface area contributed by atoms with Crippen molar-refractivity contribution in [2.75, 3.05) is 26.7 Å². The van der Waals surface area contributed by atoms with Crippen LogP contribution in [0, 0.1) is 0 Å². The lowest BCUT2D eigenvalue weighted by atomic mass is 10.1. The summed E-state index contributed by atoms with van der Waals surface area (Å²) in [7, 11) is 2.56. The zero-order chi connectivity index (χ0) is 22.9. The molecule has 0 rings (SSSR count). The van der Waals surface area contributed by atoms with E-state index >= 15 is 0 Å². The molecule has 0 spiro atoms. The third kappa shape index (κ3) is 33.4. The van der Waals surface area contributed by atoms with Crippen molar-refractivity contribution in [3.63, 3.8) is 0 Å². The van der Waals surface area contributed by atoms with Crippen LogP contribution in [0.2, 0.25) is 0 Å². The van der Waals surface area contributed by atoms with Gasteiger partial charge in [-0.25, -0.2) is 0 Å². The molecule has 0 radical (unpaired) electrons. The van der Waals surface area contributed by atoms with E-state index in [4.69, 9.17) is 34.8 Å². The first-order valence-electron chi connectivity index (χ1n) is 13.2. The Morgan fingerprint density at radius 1 is 0.452 bits per heavy atom. The van der Waals surface area contributed by atoms with E-state index < -0.39 is 4.30 Å². The van der Waals surface area contributed by atoms with Crippen molar-refractivity contribution in [3.05, 3.63) is 0 Å². The zero-order valence-corrected chi connectivity index (χ0v) is 24.4. The maximum Gasteiger partial charge on any atom is 0.180 e. The van der Waals surface area contributed by atoms with E-state index in [1.807, 2.05) is 0 Å². The summed E-state index contributed by atoms with van der Waals surface area (Å²) in [4.78, 5) is 0. The Morgan fingerprint density at radius 3 is 0.871 bits per heavy atom. The highest BCUT2D eigenvalue weighted by molar-refractivity contribution is 6.63. The van der Waals surface area contributed by atoms with Crippen LogP contribution in [-0.2, 0) is 0 Å². The molecule has 5 heteroatoms. The second-order valence-electron chi connectivity index (χ2n) is 9.34. The van der Waals surface area contributed by atoms with Gasteiger partial charge in [-0.2, -0.15) is 0 Å². The van der Waals surface area contributed by atoms with Crippen LogP contribution in [0.4, 0.5) is 0 Å². The normalized spacial score (nSPS) is 11.2. The zero-order valence-electron chi connectivity index (χ0n) is 21.4. The SMILES string of the molecule is CCCCCCCC[N+](C)(CCCCCCCC)CCCCCCCC.ClC(Cl)Cl.[Cl-]. The minimum Gasteiger partial charge on any atom is -1.00 e. The maximum atomic E-state index is 4.81. The third-order valence-corrected chi connectivity index (χ3v) is 6.15. The summed E-state index contributed by atoms with van der Waals surface area (Å²) >= 11 is 14.4. The molecule has 0 amide bonds. The molecule has 0 aliphatic carbocycles. The molecule has 0 atom stereocenters. The average Bonchev–Trinajstić information content (AvgIpc) is 2.70. The molecule has 0 aromatic heterocycles. The van der Waals surface area contributed by atoms with E-state index in [-0.39, 0.29) is 12.4 Å². The fourth-order valence-electron chi connectivity index (χ4n) is 4.16. The standard InChI is InChI=1S/C25H54N.CHCl3.ClH/c1-5-8-11-14-17-20-23-26(4,24-21-18-15-12-9-6-2)25-22-19-16-13-10-7-3;2-1(3)4;/h5-25H2,1-4H3;1H;1H/q+1;;/p-1. The molecule has 0 aromatic carbocycles. The van der Waals surface area contributed by atoms with Crippen LogP contribution in [0.25, 0.3) is 0 Å². The predicted octanol–water partition coefficient (Wildman–Crippen LogP) is 7.50. The molecule has 0 aliphatic heterocycles. The summed E-state index contributed by atoms with van der Waals surface area (Å²) in [5.74, 6) is 0. The van der Waals surface area contributed by atoms with Gasteiger partial charge in [0.2, 0.25) is 0 Å². The van der Waals surface area contributed by atoms with Gasteiger partial charge in [0.25, 0.3) is 0 Å². The fourth-order valence-corrected chi connectivity index (χ4v) is 4.16. The summed E-state index contributed by atoms with van der Waals surface area (Å²) in [5.41, 5.74) is 0. The summed E-state index contributed by atoms with van der Waals surface area (Å²) < 4.78 is 0.606. The first-order chi connectivity index (χ1) is 14.4. The van der Waals surface area contributed by atoms with Gasteiger partial charge in [0, 0.05) is 0 Å². The van der Waals surface area contributed by atoms with Crippen molar-refractivity contribution in [2.45, 2.75) is 141 Å². The Hall–Kier alpha value is 1.12. The molecule has 0 fully saturated rings. The minimum absolute atomic E-state index is 0. The van der Waals surface area contributed by atoms with Gasteiger partial charge < -0.3 is 16.9 Å². The van der Waals surface area contributed by atoms with Crippen LogP contribution in [0.3, 0.4) is 0 Å². The number of alkyl halides is 3. The summed E-state index contributed by atoms with van der Waals surface area (Å²) in [6.07, 6.45) is 25.9. The molecule has 0 bridgehead atoms. The molecule has 0 saturated heterocycles. The Bertz CT molecular complexity index is 270. The van der Waals surface area contributed by atoms with E-state index in [0.29, 0.717) is 0 Å². The van der Waals surface area contributed by atoms with Crippen LogP contribution in [0.15, 0.2) is 0 Å². The predicted molar refractivity (Wildman–Crippen MR) is 142 cm³/mol. The first kappa shape index (κ1) is 36.7. The molecule has 31 heavy (non-hydrogen) atoms. The molecule has 192 valence electrons. The average molecular weight is 524 g/mol. The van der Waals surface area contributed by atoms with E-state index in [1.165, 1.54) is 140 Å². The molecule has 1 nitrogen and oxygen atoms in total. The highest BCUT2D eigenvalue weighted by Crippen LogP contribution is 2.16. The van der Waals surface area contributed by atoms with Crippen LogP contribution in [0.1, 0.15) is 136 Å². The van der Waals surface area contributed by atoms with E-state index in [0.717, 1.165) is 0 Å². The molecule has 0 aromatic rings. The number of unbranched alkanes of at least 4 members (excludes halogenated alkanes) is 15. The number of hydrogen-bond acceptors (Lipinski definition) is 0. The quantitative estimate of drug-likeness (QED) is 0.0830. The number of quaternary nitrogens is 1. The van der Waals surface area contributed by atoms with E-state index in [9.17, 15) is 0 Å². The Morgan fingerprint density at radius 2 is 0.645 bits per heavy atom. The highest BCUT2D eigenvalue weighted by atomic mass is 35.6. The van der Waals surface area contributed by atoms with Gasteiger partial charge in [-0.05, 0) is 38.5 Å². The smallest absolute Gasteiger partial charge is 0.180 e. The van der Waals surface area contributed by atoms with Crippen LogP contribution < -0.4 is 12.4 Å². The van der Waals surface area contributed by atoms with Crippen molar-refractivity contribution >= 4 is 34.8 Å². The van der Waals surface area contributed by atoms with Crippen LogP contribution in [-0.4, -0.2) is 35.5 Å². The largest absolute Gasteiger partial charge is 1.00 e. The lowest BCUT2D eigenvalue weighted by Gasteiger charge is -2.35. The van der Waals surface area contributed by atoms with Crippen molar-refractivity contribution in [2.24, 2.45) is 0 Å². The van der Waals surface area contributed by atoms with Gasteiger partial charge in [-0.15, -0.1) is 0 Å². The number of nitrogens with zero attached hydrogens (tertiary/aromatic N) is 1. The fraction of sp³-hybridized carbons (Fsp3) is 1.00. The minimum atomic E-state index is -0.750. The maximum absolute atomic E-state index is 4.81. The van der Waals surface area contributed by atoms with Crippen molar-refractivity contribution in [3.8, 4) is 0 Å². The lowest BCUT2D eigenvalue weighted by molar-refractivity contribution is -0.910. The molecule has 0 aliphatic rings. The van der Waals surface area contributed by atoms with Gasteiger partial charge in [-0.3, -0.25) is 0 Å². The lowest BCUT2D eigenvalue weighted by Crippen LogP contribution is -3.00. The summed E-state index contributed by atoms with van der Waals surface area (Å²) in [6, 6.07) is 0. The van der Waals surface area contributed by atoms with Gasteiger partial charge in [0.15, 0.2) is 4.30 Å². The molecular formula is C26H55Cl4N. The number of rotatable bonds is 21. The van der Waals surface area contributed by atoms with Crippen molar-refractivity contribution in [1.82, 2.24) is 0 Å². The van der Waals surface area contributed by atoms with Crippen molar-refractivity contribution in [1.29, 1.82) is 0 Å². The second-order valence-corrected chi connectivity index (χ2v) is 11.3. The summed E-state index contributed by atoms with van der Waals surface area (Å²) in [5, 5.41) is 0. The highest BCUT2D eigenvalue weighted by Gasteiger charge is 2.20. The molecule has 0 saturated carbocycles. The van der Waals surface area contributed by atoms with E-state index in [1.54, 1.807) is 0 Å². The number of halogens is 4. The second kappa shape index (κ2) is 29.2. The molecular weight excluding hydrogens is 468 g/mol. The molecule has 0 unspecified atom stereocenters. The Labute approximate surface area is 218 Å². The third-order valence-electron chi connectivity index (χ3n) is 6.15. The van der Waals surface area contributed by atoms with Gasteiger partial charge in [0.05, 0.1) is 26.7 Å². The summed E-state index contributed by atoms with van der Waals surface area (Å²) in [6.45, 7) is 11.2. The number of hydrogen-bond donors (Lipinski definition) is 0. The van der Waals surface area contributed by atoms with Crippen LogP contribution >= 0.6 is 34.8 Å². The van der Waals surface area contributed by atoms with E-state index in [2.05, 4.69) is 27.8 Å². The monoisotopic (exact) mass is 521 g/mol. The first-order valence-corrected chi connectivity index (χ1v) is 14.5. The van der Waals surface area contributed by atoms with Crippen molar-refractivity contribution < 1.29 is 16.9 Å². The van der Waals surface area contributed by atoms with Gasteiger partial charge in [-0.1, -0.05) is 133 Å².